The number of allylic oxidation sites excluding steroid dienone is 2. The highest BCUT2D eigenvalue weighted by Crippen LogP contribution is 2.37. The van der Waals surface area contributed by atoms with Crippen molar-refractivity contribution < 1.29 is 14.4 Å². The van der Waals surface area contributed by atoms with Gasteiger partial charge in [0.05, 0.1) is 17.9 Å². The number of hydrogen-bond donors (Lipinski definition) is 1. The molecule has 5 nitrogen and oxygen atoms in total. The van der Waals surface area contributed by atoms with E-state index in [0.29, 0.717) is 19.3 Å². The van der Waals surface area contributed by atoms with Gasteiger partial charge in [0.1, 0.15) is 6.04 Å². The molecule has 1 N–H and O–H groups in total. The Morgan fingerprint density at radius 2 is 1.59 bits per heavy atom. The van der Waals surface area contributed by atoms with Crippen molar-refractivity contribution in [2.24, 2.45) is 17.8 Å². The Kier molecular flexibility index (Phi) is 5.78. The number of nitrogens with one attached hydrogen (secondary N) is 1. The summed E-state index contributed by atoms with van der Waals surface area (Å²) in [4.78, 5) is 40.2. The minimum Gasteiger partial charge on any atom is -0.348 e. The fourth-order valence-corrected chi connectivity index (χ4v) is 4.04. The van der Waals surface area contributed by atoms with Crippen LogP contribution in [-0.4, -0.2) is 28.7 Å². The minimum atomic E-state index is -0.748. The predicted molar refractivity (Wildman–Crippen MR) is 103 cm³/mol. The Bertz CT molecular complexity index is 715. The number of carbonyl (C=O) groups excluding carboxylic acids is 3. The van der Waals surface area contributed by atoms with Gasteiger partial charge in [-0.25, -0.2) is 0 Å². The highest BCUT2D eigenvalue weighted by Gasteiger charge is 2.51. The van der Waals surface area contributed by atoms with E-state index in [1.54, 1.807) is 0 Å². The molecule has 1 fully saturated rings. The topological polar surface area (TPSA) is 66.5 Å². The standard InChI is InChI=1S/C22H28N2O3/c1-14(2)13-19(20(25)23-15(3)16-9-5-4-6-10-16)24-21(26)17-11-7-8-12-18(17)22(24)27/h4-10,14-15,17-19H,11-13H2,1-3H3,(H,23,25). The number of hydrogen-bond acceptors (Lipinski definition) is 3. The van der Waals surface area contributed by atoms with E-state index in [-0.39, 0.29) is 41.5 Å². The van der Waals surface area contributed by atoms with Crippen LogP contribution in [0.2, 0.25) is 0 Å². The van der Waals surface area contributed by atoms with Crippen molar-refractivity contribution >= 4 is 17.7 Å². The summed E-state index contributed by atoms with van der Waals surface area (Å²) in [6, 6.07) is 8.75. The fourth-order valence-electron chi connectivity index (χ4n) is 4.04. The molecule has 3 rings (SSSR count). The van der Waals surface area contributed by atoms with E-state index >= 15 is 0 Å². The van der Waals surface area contributed by atoms with Crippen LogP contribution < -0.4 is 5.32 Å². The minimum absolute atomic E-state index is 0.189. The molecule has 0 aromatic heterocycles. The van der Waals surface area contributed by atoms with E-state index < -0.39 is 6.04 Å². The molecule has 4 atom stereocenters. The molecule has 4 unspecified atom stereocenters. The lowest BCUT2D eigenvalue weighted by atomic mass is 9.85. The SMILES string of the molecule is CC(C)CC(C(=O)NC(C)c1ccccc1)N1C(=O)C2CC=CCC2C1=O. The summed E-state index contributed by atoms with van der Waals surface area (Å²) in [7, 11) is 0. The van der Waals surface area contributed by atoms with E-state index in [4.69, 9.17) is 0 Å². The van der Waals surface area contributed by atoms with Gasteiger partial charge in [-0.2, -0.15) is 0 Å². The average Bonchev–Trinajstić information content (AvgIpc) is 2.91. The van der Waals surface area contributed by atoms with E-state index in [2.05, 4.69) is 5.32 Å². The van der Waals surface area contributed by atoms with Gasteiger partial charge in [0.15, 0.2) is 0 Å². The number of fused-ring (bicyclic) bond motifs is 1. The first-order valence-corrected chi connectivity index (χ1v) is 9.77. The Hall–Kier alpha value is -2.43. The van der Waals surface area contributed by atoms with Crippen LogP contribution in [0.25, 0.3) is 0 Å². The van der Waals surface area contributed by atoms with Gasteiger partial charge in [-0.3, -0.25) is 19.3 Å². The largest absolute Gasteiger partial charge is 0.348 e. The van der Waals surface area contributed by atoms with Crippen molar-refractivity contribution in [1.82, 2.24) is 10.2 Å². The Balaban J connectivity index is 1.80. The van der Waals surface area contributed by atoms with Crippen molar-refractivity contribution in [3.8, 4) is 0 Å². The van der Waals surface area contributed by atoms with Crippen LogP contribution in [0.5, 0.6) is 0 Å². The molecule has 1 aromatic carbocycles. The maximum absolute atomic E-state index is 13.1. The normalized spacial score (nSPS) is 24.1. The first kappa shape index (κ1) is 19.3. The summed E-state index contributed by atoms with van der Waals surface area (Å²) in [5.74, 6) is -1.07. The second-order valence-corrected chi connectivity index (χ2v) is 7.99. The summed E-state index contributed by atoms with van der Waals surface area (Å²) < 4.78 is 0. The van der Waals surface area contributed by atoms with Gasteiger partial charge in [0, 0.05) is 0 Å². The van der Waals surface area contributed by atoms with Gasteiger partial charge in [-0.1, -0.05) is 56.3 Å². The number of carbonyl (C=O) groups is 3. The van der Waals surface area contributed by atoms with Crippen molar-refractivity contribution in [2.45, 2.75) is 52.1 Å². The van der Waals surface area contributed by atoms with E-state index in [0.717, 1.165) is 5.56 Å². The van der Waals surface area contributed by atoms with Crippen LogP contribution in [0.1, 0.15) is 51.6 Å². The summed E-state index contributed by atoms with van der Waals surface area (Å²) in [5.41, 5.74) is 0.992. The third kappa shape index (κ3) is 3.97. The molecular formula is C22H28N2O3. The maximum atomic E-state index is 13.1. The van der Waals surface area contributed by atoms with Crippen LogP contribution >= 0.6 is 0 Å². The number of nitrogens with zero attached hydrogens (tertiary/aromatic N) is 1. The lowest BCUT2D eigenvalue weighted by Crippen LogP contribution is -2.51. The third-order valence-electron chi connectivity index (χ3n) is 5.51. The number of likely N-dealkylation sites (tertiary alicyclic amines) is 1. The summed E-state index contributed by atoms with van der Waals surface area (Å²) >= 11 is 0. The number of benzene rings is 1. The zero-order valence-corrected chi connectivity index (χ0v) is 16.2. The molecule has 0 radical (unpaired) electrons. The molecule has 1 aliphatic carbocycles. The van der Waals surface area contributed by atoms with Gasteiger partial charge in [0.25, 0.3) is 0 Å². The fraction of sp³-hybridized carbons (Fsp3) is 0.500. The second-order valence-electron chi connectivity index (χ2n) is 7.99. The molecule has 1 saturated heterocycles. The van der Waals surface area contributed by atoms with Crippen LogP contribution in [0.15, 0.2) is 42.5 Å². The molecule has 1 aromatic rings. The van der Waals surface area contributed by atoms with Gasteiger partial charge in [0.2, 0.25) is 17.7 Å². The number of rotatable bonds is 6. The molecule has 0 spiro atoms. The Morgan fingerprint density at radius 3 is 2.11 bits per heavy atom. The number of imide groups is 1. The summed E-state index contributed by atoms with van der Waals surface area (Å²) in [6.45, 7) is 5.91. The monoisotopic (exact) mass is 368 g/mol. The average molecular weight is 368 g/mol. The lowest BCUT2D eigenvalue weighted by molar-refractivity contribution is -0.148. The smallest absolute Gasteiger partial charge is 0.243 e. The maximum Gasteiger partial charge on any atom is 0.243 e. The number of amides is 3. The first-order chi connectivity index (χ1) is 12.9. The van der Waals surface area contributed by atoms with Crippen LogP contribution in [-0.2, 0) is 14.4 Å². The molecule has 2 aliphatic rings. The molecule has 0 bridgehead atoms. The lowest BCUT2D eigenvalue weighted by Gasteiger charge is -2.28. The van der Waals surface area contributed by atoms with E-state index in [1.807, 2.05) is 63.3 Å². The van der Waals surface area contributed by atoms with Crippen molar-refractivity contribution in [1.29, 1.82) is 0 Å². The molecule has 3 amide bonds. The third-order valence-corrected chi connectivity index (χ3v) is 5.51. The molecule has 27 heavy (non-hydrogen) atoms. The van der Waals surface area contributed by atoms with E-state index in [1.165, 1.54) is 4.90 Å². The highest BCUT2D eigenvalue weighted by atomic mass is 16.2. The van der Waals surface area contributed by atoms with Crippen LogP contribution in [0, 0.1) is 17.8 Å². The van der Waals surface area contributed by atoms with E-state index in [9.17, 15) is 14.4 Å². The van der Waals surface area contributed by atoms with Crippen LogP contribution in [0.3, 0.4) is 0 Å². The molecular weight excluding hydrogens is 340 g/mol. The molecule has 0 saturated carbocycles. The molecule has 1 aliphatic heterocycles. The zero-order chi connectivity index (χ0) is 19.6. The second kappa shape index (κ2) is 8.07. The van der Waals surface area contributed by atoms with Crippen molar-refractivity contribution in [2.75, 3.05) is 0 Å². The quantitative estimate of drug-likeness (QED) is 0.619. The summed E-state index contributed by atoms with van der Waals surface area (Å²) in [6.07, 6.45) is 5.57. The Labute approximate surface area is 160 Å². The van der Waals surface area contributed by atoms with Crippen molar-refractivity contribution in [3.63, 3.8) is 0 Å². The van der Waals surface area contributed by atoms with Gasteiger partial charge in [-0.05, 0) is 37.7 Å². The molecule has 1 heterocycles. The van der Waals surface area contributed by atoms with Crippen molar-refractivity contribution in [3.05, 3.63) is 48.0 Å². The van der Waals surface area contributed by atoms with Gasteiger partial charge in [-0.15, -0.1) is 0 Å². The molecule has 144 valence electrons. The first-order valence-electron chi connectivity index (χ1n) is 9.77. The van der Waals surface area contributed by atoms with Gasteiger partial charge < -0.3 is 5.32 Å². The highest BCUT2D eigenvalue weighted by molar-refractivity contribution is 6.08. The van der Waals surface area contributed by atoms with Crippen LogP contribution in [0.4, 0.5) is 0 Å². The summed E-state index contributed by atoms with van der Waals surface area (Å²) in [5, 5.41) is 3.00. The predicted octanol–water partition coefficient (Wildman–Crippen LogP) is 3.23. The van der Waals surface area contributed by atoms with Gasteiger partial charge >= 0.3 is 0 Å². The molecule has 5 heteroatoms. The zero-order valence-electron chi connectivity index (χ0n) is 16.2. The Morgan fingerprint density at radius 1 is 1.04 bits per heavy atom.